The van der Waals surface area contributed by atoms with Gasteiger partial charge in [0.15, 0.2) is 0 Å². The molecular formula is C25H33N5O4. The number of carboxylic acids is 1. The van der Waals surface area contributed by atoms with Crippen LogP contribution in [0.15, 0.2) is 24.3 Å². The summed E-state index contributed by atoms with van der Waals surface area (Å²) in [7, 11) is 0. The fourth-order valence-corrected chi connectivity index (χ4v) is 4.17. The summed E-state index contributed by atoms with van der Waals surface area (Å²) >= 11 is 0. The average molecular weight is 468 g/mol. The van der Waals surface area contributed by atoms with Gasteiger partial charge in [-0.2, -0.15) is 0 Å². The molecule has 1 aromatic heterocycles. The summed E-state index contributed by atoms with van der Waals surface area (Å²) in [5.41, 5.74) is 12.1. The van der Waals surface area contributed by atoms with E-state index in [1.54, 1.807) is 0 Å². The molecule has 182 valence electrons. The van der Waals surface area contributed by atoms with Gasteiger partial charge in [0.2, 0.25) is 5.91 Å². The Morgan fingerprint density at radius 3 is 2.41 bits per heavy atom. The maximum Gasteiger partial charge on any atom is 0.323 e. The Kier molecular flexibility index (Phi) is 7.88. The highest BCUT2D eigenvalue weighted by Gasteiger charge is 2.29. The van der Waals surface area contributed by atoms with Crippen molar-refractivity contribution in [3.05, 3.63) is 46.8 Å². The van der Waals surface area contributed by atoms with Crippen LogP contribution in [0.2, 0.25) is 0 Å². The highest BCUT2D eigenvalue weighted by molar-refractivity contribution is 5.98. The van der Waals surface area contributed by atoms with E-state index in [4.69, 9.17) is 15.8 Å². The van der Waals surface area contributed by atoms with Crippen molar-refractivity contribution in [1.29, 1.82) is 0 Å². The van der Waals surface area contributed by atoms with Crippen molar-refractivity contribution in [1.82, 2.24) is 14.8 Å². The van der Waals surface area contributed by atoms with E-state index in [-0.39, 0.29) is 32.7 Å². The lowest BCUT2D eigenvalue weighted by Crippen LogP contribution is -2.54. The summed E-state index contributed by atoms with van der Waals surface area (Å²) in [6.45, 7) is 8.25. The van der Waals surface area contributed by atoms with Crippen molar-refractivity contribution in [3.8, 4) is 11.1 Å². The topological polar surface area (TPSA) is 129 Å². The number of benzene rings is 1. The summed E-state index contributed by atoms with van der Waals surface area (Å²) in [6.07, 6.45) is 0.764. The first-order valence-electron chi connectivity index (χ1n) is 11.5. The molecule has 9 heteroatoms. The van der Waals surface area contributed by atoms with Gasteiger partial charge >= 0.3 is 12.0 Å². The first kappa shape index (κ1) is 25.2. The summed E-state index contributed by atoms with van der Waals surface area (Å²) in [4.78, 5) is 43.9. The van der Waals surface area contributed by atoms with Gasteiger partial charge in [-0.05, 0) is 37.3 Å². The minimum atomic E-state index is -1.08. The molecule has 1 aliphatic heterocycles. The number of rotatable bonds is 7. The molecule has 9 nitrogen and oxygen atoms in total. The number of aliphatic carboxylic acids is 1. The Morgan fingerprint density at radius 1 is 1.18 bits per heavy atom. The van der Waals surface area contributed by atoms with Crippen LogP contribution >= 0.6 is 0 Å². The van der Waals surface area contributed by atoms with E-state index >= 15 is 0 Å². The summed E-state index contributed by atoms with van der Waals surface area (Å²) < 4.78 is 0. The van der Waals surface area contributed by atoms with Crippen molar-refractivity contribution in [2.24, 2.45) is 11.7 Å². The number of aromatic nitrogens is 1. The van der Waals surface area contributed by atoms with Crippen LogP contribution in [0.5, 0.6) is 0 Å². The van der Waals surface area contributed by atoms with Crippen LogP contribution in [-0.2, 0) is 22.6 Å². The molecular weight excluding hydrogens is 434 g/mol. The number of amides is 3. The second-order valence-electron chi connectivity index (χ2n) is 9.10. The monoisotopic (exact) mass is 467 g/mol. The molecule has 34 heavy (non-hydrogen) atoms. The van der Waals surface area contributed by atoms with Gasteiger partial charge < -0.3 is 26.0 Å². The minimum Gasteiger partial charge on any atom is -0.480 e. The fourth-order valence-electron chi connectivity index (χ4n) is 4.17. The molecule has 0 bridgehead atoms. The molecule has 3 amide bonds. The van der Waals surface area contributed by atoms with Gasteiger partial charge in [0, 0.05) is 30.9 Å². The van der Waals surface area contributed by atoms with Crippen molar-refractivity contribution in [2.75, 3.05) is 31.5 Å². The molecule has 0 atom stereocenters. The number of nitrogens with zero attached hydrogens (tertiary/aromatic N) is 3. The highest BCUT2D eigenvalue weighted by atomic mass is 16.4. The van der Waals surface area contributed by atoms with Crippen LogP contribution in [0.4, 0.5) is 10.5 Å². The van der Waals surface area contributed by atoms with Crippen LogP contribution in [0.25, 0.3) is 11.1 Å². The lowest BCUT2D eigenvalue weighted by molar-refractivity contribution is -0.146. The van der Waals surface area contributed by atoms with E-state index < -0.39 is 17.9 Å². The third kappa shape index (κ3) is 5.72. The number of aryl methyl sites for hydroxylation is 2. The van der Waals surface area contributed by atoms with Gasteiger partial charge in [-0.25, -0.2) is 4.79 Å². The number of carboxylic acid groups (broad SMARTS) is 1. The van der Waals surface area contributed by atoms with Crippen LogP contribution < -0.4 is 11.1 Å². The molecule has 0 spiro atoms. The SMILES string of the molecule is Cc1ccc(-c2c(CN)c(CC(C)C)nc(C)c2NC(=O)N2CCN(CC(=O)O)C(=O)C2)cc1. The summed E-state index contributed by atoms with van der Waals surface area (Å²) in [5, 5.41) is 11.9. The zero-order valence-corrected chi connectivity index (χ0v) is 20.2. The summed E-state index contributed by atoms with van der Waals surface area (Å²) in [6, 6.07) is 7.61. The highest BCUT2D eigenvalue weighted by Crippen LogP contribution is 2.36. The van der Waals surface area contributed by atoms with Gasteiger partial charge in [-0.1, -0.05) is 43.7 Å². The van der Waals surface area contributed by atoms with Crippen LogP contribution in [0, 0.1) is 19.8 Å². The molecule has 3 rings (SSSR count). The number of urea groups is 1. The van der Waals surface area contributed by atoms with Gasteiger partial charge in [0.1, 0.15) is 13.1 Å². The standard InChI is InChI=1S/C25H33N5O4/c1-15(2)11-20-19(12-26)23(18-7-5-16(3)6-8-18)24(17(4)27-20)28-25(34)30-10-9-29(14-22(32)33)21(31)13-30/h5-8,15H,9-14,26H2,1-4H3,(H,28,34)(H,32,33). The number of hydrogen-bond donors (Lipinski definition) is 3. The molecule has 0 radical (unpaired) electrons. The number of pyridine rings is 1. The first-order valence-corrected chi connectivity index (χ1v) is 11.5. The molecule has 0 aliphatic carbocycles. The maximum atomic E-state index is 13.2. The Hall–Kier alpha value is -3.46. The Morgan fingerprint density at radius 2 is 1.85 bits per heavy atom. The number of piperazine rings is 1. The Bertz CT molecular complexity index is 1080. The van der Waals surface area contributed by atoms with E-state index in [0.29, 0.717) is 17.3 Å². The third-order valence-corrected chi connectivity index (χ3v) is 5.87. The second kappa shape index (κ2) is 10.6. The smallest absolute Gasteiger partial charge is 0.323 e. The number of carbonyl (C=O) groups is 3. The predicted molar refractivity (Wildman–Crippen MR) is 130 cm³/mol. The number of nitrogens with one attached hydrogen (secondary N) is 1. The van der Waals surface area contributed by atoms with Crippen molar-refractivity contribution >= 4 is 23.6 Å². The van der Waals surface area contributed by atoms with Gasteiger partial charge in [-0.15, -0.1) is 0 Å². The zero-order valence-electron chi connectivity index (χ0n) is 20.2. The predicted octanol–water partition coefficient (Wildman–Crippen LogP) is 2.78. The van der Waals surface area contributed by atoms with Gasteiger partial charge in [0.25, 0.3) is 0 Å². The van der Waals surface area contributed by atoms with E-state index in [2.05, 4.69) is 19.2 Å². The van der Waals surface area contributed by atoms with Crippen molar-refractivity contribution in [3.63, 3.8) is 0 Å². The first-order chi connectivity index (χ1) is 16.1. The molecule has 2 heterocycles. The molecule has 0 unspecified atom stereocenters. The number of hydrogen-bond acceptors (Lipinski definition) is 5. The second-order valence-corrected chi connectivity index (χ2v) is 9.10. The molecule has 2 aromatic rings. The Labute approximate surface area is 199 Å². The van der Waals surface area contributed by atoms with E-state index in [9.17, 15) is 14.4 Å². The fraction of sp³-hybridized carbons (Fsp3) is 0.440. The van der Waals surface area contributed by atoms with E-state index in [1.807, 2.05) is 38.1 Å². The molecule has 1 aromatic carbocycles. The molecule has 4 N–H and O–H groups in total. The zero-order chi connectivity index (χ0) is 25.0. The summed E-state index contributed by atoms with van der Waals surface area (Å²) in [5.74, 6) is -1.09. The number of nitrogens with two attached hydrogens (primary N) is 1. The van der Waals surface area contributed by atoms with Crippen LogP contribution in [-0.4, -0.2) is 64.0 Å². The third-order valence-electron chi connectivity index (χ3n) is 5.87. The average Bonchev–Trinajstić information content (AvgIpc) is 2.76. The van der Waals surface area contributed by atoms with Crippen LogP contribution in [0.3, 0.4) is 0 Å². The van der Waals surface area contributed by atoms with Crippen molar-refractivity contribution in [2.45, 2.75) is 40.7 Å². The lowest BCUT2D eigenvalue weighted by atomic mass is 9.92. The normalized spacial score (nSPS) is 14.0. The van der Waals surface area contributed by atoms with Gasteiger partial charge in [0.05, 0.1) is 11.4 Å². The molecule has 1 aliphatic rings. The Balaban J connectivity index is 1.97. The minimum absolute atomic E-state index is 0.169. The van der Waals surface area contributed by atoms with Gasteiger partial charge in [-0.3, -0.25) is 14.6 Å². The molecule has 0 saturated carbocycles. The van der Waals surface area contributed by atoms with E-state index in [0.717, 1.165) is 34.4 Å². The van der Waals surface area contributed by atoms with E-state index in [1.165, 1.54) is 9.80 Å². The molecule has 1 saturated heterocycles. The largest absolute Gasteiger partial charge is 0.480 e. The van der Waals surface area contributed by atoms with Crippen LogP contribution in [0.1, 0.15) is 36.4 Å². The van der Waals surface area contributed by atoms with Crippen molar-refractivity contribution < 1.29 is 19.5 Å². The number of carbonyl (C=O) groups excluding carboxylic acids is 2. The maximum absolute atomic E-state index is 13.2. The quantitative estimate of drug-likeness (QED) is 0.574. The lowest BCUT2D eigenvalue weighted by Gasteiger charge is -2.33. The number of anilines is 1. The molecule has 1 fully saturated rings.